The monoisotopic (exact) mass is 306 g/mol. The number of hydrogen-bond donors (Lipinski definition) is 2. The first-order chi connectivity index (χ1) is 11.2. The molecule has 0 radical (unpaired) electrons. The summed E-state index contributed by atoms with van der Waals surface area (Å²) in [7, 11) is 1.72. The highest BCUT2D eigenvalue weighted by atomic mass is 16.2. The lowest BCUT2D eigenvalue weighted by Gasteiger charge is -2.15. The van der Waals surface area contributed by atoms with E-state index in [9.17, 15) is 4.79 Å². The molecular formula is C16H14N6O. The van der Waals surface area contributed by atoms with E-state index >= 15 is 0 Å². The first-order valence-corrected chi connectivity index (χ1v) is 7.19. The van der Waals surface area contributed by atoms with Gasteiger partial charge in [-0.1, -0.05) is 18.2 Å². The van der Waals surface area contributed by atoms with Crippen molar-refractivity contribution in [2.45, 2.75) is 6.54 Å². The second-order valence-electron chi connectivity index (χ2n) is 5.38. The number of rotatable bonds is 3. The van der Waals surface area contributed by atoms with Crippen molar-refractivity contribution in [3.05, 3.63) is 54.1 Å². The topological polar surface area (TPSA) is 90.6 Å². The van der Waals surface area contributed by atoms with Gasteiger partial charge in [0, 0.05) is 29.5 Å². The predicted molar refractivity (Wildman–Crippen MR) is 85.8 cm³/mol. The van der Waals surface area contributed by atoms with Crippen molar-refractivity contribution in [3.8, 4) is 0 Å². The van der Waals surface area contributed by atoms with E-state index in [4.69, 9.17) is 0 Å². The second kappa shape index (κ2) is 5.20. The molecule has 0 aliphatic carbocycles. The van der Waals surface area contributed by atoms with E-state index in [1.165, 1.54) is 0 Å². The van der Waals surface area contributed by atoms with Gasteiger partial charge in [-0.15, -0.1) is 0 Å². The van der Waals surface area contributed by atoms with Crippen LogP contribution in [0, 0.1) is 0 Å². The van der Waals surface area contributed by atoms with Crippen LogP contribution < -0.4 is 0 Å². The van der Waals surface area contributed by atoms with Gasteiger partial charge in [-0.25, -0.2) is 4.98 Å². The molecule has 0 aliphatic rings. The Bertz CT molecular complexity index is 988. The molecule has 1 amide bonds. The fourth-order valence-electron chi connectivity index (χ4n) is 2.73. The third kappa shape index (κ3) is 2.22. The molecule has 0 aliphatic heterocycles. The van der Waals surface area contributed by atoms with Crippen LogP contribution >= 0.6 is 0 Å². The van der Waals surface area contributed by atoms with Gasteiger partial charge in [0.15, 0.2) is 5.69 Å². The Labute approximate surface area is 131 Å². The molecule has 4 rings (SSSR count). The highest BCUT2D eigenvalue weighted by Gasteiger charge is 2.19. The number of hydrogen-bond acceptors (Lipinski definition) is 4. The summed E-state index contributed by atoms with van der Waals surface area (Å²) in [5.41, 5.74) is 2.85. The fourth-order valence-corrected chi connectivity index (χ4v) is 2.73. The summed E-state index contributed by atoms with van der Waals surface area (Å²) in [4.78, 5) is 21.9. The minimum Gasteiger partial charge on any atom is -0.353 e. The van der Waals surface area contributed by atoms with Gasteiger partial charge in [0.2, 0.25) is 0 Å². The quantitative estimate of drug-likeness (QED) is 0.606. The van der Waals surface area contributed by atoms with E-state index < -0.39 is 0 Å². The van der Waals surface area contributed by atoms with Crippen LogP contribution in [0.2, 0.25) is 0 Å². The molecule has 0 unspecified atom stereocenters. The van der Waals surface area contributed by atoms with Crippen LogP contribution in [0.15, 0.2) is 42.7 Å². The number of pyridine rings is 1. The zero-order chi connectivity index (χ0) is 15.8. The Balaban J connectivity index is 1.77. The van der Waals surface area contributed by atoms with Gasteiger partial charge in [-0.3, -0.25) is 4.79 Å². The summed E-state index contributed by atoms with van der Waals surface area (Å²) in [6, 6.07) is 9.88. The van der Waals surface area contributed by atoms with E-state index in [0.29, 0.717) is 17.9 Å². The number of benzene rings is 1. The lowest BCUT2D eigenvalue weighted by atomic mass is 10.1. The van der Waals surface area contributed by atoms with Crippen LogP contribution in [-0.4, -0.2) is 43.2 Å². The number of carbonyl (C=O) groups excluding carboxylic acids is 1. The molecule has 0 atom stereocenters. The first-order valence-electron chi connectivity index (χ1n) is 7.19. The largest absolute Gasteiger partial charge is 0.353 e. The van der Waals surface area contributed by atoms with Crippen molar-refractivity contribution < 1.29 is 4.79 Å². The molecular weight excluding hydrogens is 292 g/mol. The summed E-state index contributed by atoms with van der Waals surface area (Å²) in [6.45, 7) is 0.369. The summed E-state index contributed by atoms with van der Waals surface area (Å²) < 4.78 is 0. The van der Waals surface area contributed by atoms with Gasteiger partial charge < -0.3 is 9.88 Å². The van der Waals surface area contributed by atoms with Gasteiger partial charge >= 0.3 is 0 Å². The Morgan fingerprint density at radius 1 is 1.22 bits per heavy atom. The molecule has 114 valence electrons. The van der Waals surface area contributed by atoms with Crippen LogP contribution in [0.5, 0.6) is 0 Å². The normalized spacial score (nSPS) is 11.2. The number of aromatic nitrogens is 5. The van der Waals surface area contributed by atoms with Crippen molar-refractivity contribution in [1.29, 1.82) is 0 Å². The Kier molecular flexibility index (Phi) is 3.04. The van der Waals surface area contributed by atoms with Gasteiger partial charge in [0.05, 0.1) is 18.3 Å². The van der Waals surface area contributed by atoms with Gasteiger partial charge in [0.25, 0.3) is 5.91 Å². The third-order valence-electron chi connectivity index (χ3n) is 3.84. The highest BCUT2D eigenvalue weighted by molar-refractivity contribution is 6.13. The standard InChI is InChI=1S/C16H14N6O/c1-22(9-10-8-18-21-20-10)16(23)15-14-12(6-7-17-15)11-4-2-3-5-13(11)19-14/h2-8,19H,9H2,1H3,(H,18,20,21). The third-order valence-corrected chi connectivity index (χ3v) is 3.84. The summed E-state index contributed by atoms with van der Waals surface area (Å²) >= 11 is 0. The number of aromatic amines is 2. The van der Waals surface area contributed by atoms with E-state index in [-0.39, 0.29) is 5.91 Å². The number of fused-ring (bicyclic) bond motifs is 3. The lowest BCUT2D eigenvalue weighted by Crippen LogP contribution is -2.27. The number of amides is 1. The number of H-pyrrole nitrogens is 2. The van der Waals surface area contributed by atoms with Crippen molar-refractivity contribution >= 4 is 27.7 Å². The number of nitrogens with zero attached hydrogens (tertiary/aromatic N) is 4. The number of para-hydroxylation sites is 1. The number of nitrogens with one attached hydrogen (secondary N) is 2. The van der Waals surface area contributed by atoms with Gasteiger partial charge in [0.1, 0.15) is 5.69 Å². The molecule has 2 N–H and O–H groups in total. The Morgan fingerprint density at radius 2 is 2.09 bits per heavy atom. The van der Waals surface area contributed by atoms with E-state index in [1.807, 2.05) is 30.3 Å². The van der Waals surface area contributed by atoms with Crippen molar-refractivity contribution in [1.82, 2.24) is 30.3 Å². The average Bonchev–Trinajstić information content (AvgIpc) is 3.21. The maximum absolute atomic E-state index is 12.7. The predicted octanol–water partition coefficient (Wildman–Crippen LogP) is 2.11. The zero-order valence-electron chi connectivity index (χ0n) is 12.4. The zero-order valence-corrected chi connectivity index (χ0v) is 12.4. The van der Waals surface area contributed by atoms with Gasteiger partial charge in [-0.2, -0.15) is 15.4 Å². The molecule has 3 heterocycles. The van der Waals surface area contributed by atoms with Crippen LogP contribution in [0.3, 0.4) is 0 Å². The SMILES string of the molecule is CN(Cc1cn[nH]n1)C(=O)c1nccc2c1[nH]c1ccccc12. The van der Waals surface area contributed by atoms with Crippen molar-refractivity contribution in [3.63, 3.8) is 0 Å². The molecule has 23 heavy (non-hydrogen) atoms. The molecule has 1 aromatic carbocycles. The van der Waals surface area contributed by atoms with E-state index in [1.54, 1.807) is 24.3 Å². The molecule has 7 nitrogen and oxygen atoms in total. The molecule has 3 aromatic heterocycles. The molecule has 0 fully saturated rings. The molecule has 7 heteroatoms. The first kappa shape index (κ1) is 13.4. The molecule has 0 bridgehead atoms. The second-order valence-corrected chi connectivity index (χ2v) is 5.38. The maximum atomic E-state index is 12.7. The molecule has 0 spiro atoms. The number of carbonyl (C=O) groups is 1. The van der Waals surface area contributed by atoms with E-state index in [0.717, 1.165) is 21.8 Å². The van der Waals surface area contributed by atoms with Crippen LogP contribution in [0.4, 0.5) is 0 Å². The minimum absolute atomic E-state index is 0.162. The van der Waals surface area contributed by atoms with Crippen LogP contribution in [0.1, 0.15) is 16.2 Å². The average molecular weight is 306 g/mol. The lowest BCUT2D eigenvalue weighted by molar-refractivity contribution is 0.0779. The van der Waals surface area contributed by atoms with Crippen molar-refractivity contribution in [2.75, 3.05) is 7.05 Å². The smallest absolute Gasteiger partial charge is 0.274 e. The summed E-state index contributed by atoms with van der Waals surface area (Å²) in [5.74, 6) is -0.162. The van der Waals surface area contributed by atoms with Crippen molar-refractivity contribution in [2.24, 2.45) is 0 Å². The Morgan fingerprint density at radius 3 is 2.91 bits per heavy atom. The molecule has 0 saturated carbocycles. The summed E-state index contributed by atoms with van der Waals surface area (Å²) in [5, 5.41) is 12.3. The van der Waals surface area contributed by atoms with Crippen LogP contribution in [0.25, 0.3) is 21.8 Å². The fraction of sp³-hybridized carbons (Fsp3) is 0.125. The molecule has 0 saturated heterocycles. The maximum Gasteiger partial charge on any atom is 0.274 e. The Hall–Kier alpha value is -3.22. The van der Waals surface area contributed by atoms with Crippen LogP contribution in [-0.2, 0) is 6.54 Å². The summed E-state index contributed by atoms with van der Waals surface area (Å²) in [6.07, 6.45) is 3.26. The highest BCUT2D eigenvalue weighted by Crippen LogP contribution is 2.26. The van der Waals surface area contributed by atoms with Gasteiger partial charge in [-0.05, 0) is 12.1 Å². The minimum atomic E-state index is -0.162. The van der Waals surface area contributed by atoms with E-state index in [2.05, 4.69) is 25.4 Å². The molecule has 4 aromatic rings.